The first-order valence-electron chi connectivity index (χ1n) is 18.0. The number of aliphatic hydroxyl groups is 1. The Morgan fingerprint density at radius 3 is 1.42 bits per heavy atom. The summed E-state index contributed by atoms with van der Waals surface area (Å²) in [7, 11) is 0. The fraction of sp³-hybridized carbons (Fsp3) is 0.442. The smallest absolute Gasteiger partial charge is 0.122 e. The minimum absolute atomic E-state index is 0.107. The molecule has 0 bridgehead atoms. The number of hydrogen-bond acceptors (Lipinski definition) is 7. The number of aryl methyl sites for hydroxylation is 1. The minimum atomic E-state index is -0.748. The van der Waals surface area contributed by atoms with Crippen LogP contribution in [0.4, 0.5) is 0 Å². The number of rotatable bonds is 20. The molecule has 2 saturated heterocycles. The van der Waals surface area contributed by atoms with E-state index in [0.717, 1.165) is 56.1 Å². The Kier molecular flexibility index (Phi) is 11.7. The molecule has 7 nitrogen and oxygen atoms in total. The van der Waals surface area contributed by atoms with Crippen LogP contribution in [0.3, 0.4) is 0 Å². The van der Waals surface area contributed by atoms with Crippen LogP contribution in [-0.4, -0.2) is 63.1 Å². The quantitative estimate of drug-likeness (QED) is 0.0747. The van der Waals surface area contributed by atoms with Crippen molar-refractivity contribution >= 4 is 0 Å². The third-order valence-corrected chi connectivity index (χ3v) is 9.79. The van der Waals surface area contributed by atoms with E-state index < -0.39 is 6.10 Å². The molecule has 2 aliphatic heterocycles. The molecule has 4 aromatic carbocycles. The van der Waals surface area contributed by atoms with Gasteiger partial charge >= 0.3 is 0 Å². The standard InChI is InChI=1S/C43H52O7/c1-42(2,32-10-18-38(19-11-32)47-27-40-29-49-40)24-6-5-7-31-8-16-36(17-9-31)45-25-35(44)26-46-37-20-12-33(13-21-37)43(3,4)34-14-22-39(23-15-34)48-28-41-30-50-41/h8-23,35,40-41,44H,5-7,24-30H2,1-4H3. The van der Waals surface area contributed by atoms with E-state index in [4.69, 9.17) is 28.4 Å². The van der Waals surface area contributed by atoms with Crippen LogP contribution in [0.1, 0.15) is 69.2 Å². The second-order valence-corrected chi connectivity index (χ2v) is 14.7. The van der Waals surface area contributed by atoms with Crippen molar-refractivity contribution in [2.45, 2.75) is 82.5 Å². The lowest BCUT2D eigenvalue weighted by Gasteiger charge is -2.26. The van der Waals surface area contributed by atoms with E-state index in [0.29, 0.717) is 19.0 Å². The Hall–Kier alpha value is -4.04. The van der Waals surface area contributed by atoms with Crippen molar-refractivity contribution in [1.29, 1.82) is 0 Å². The molecular formula is C43H52O7. The molecule has 4 aromatic rings. The predicted molar refractivity (Wildman–Crippen MR) is 196 cm³/mol. The third kappa shape index (κ3) is 10.5. The van der Waals surface area contributed by atoms with Crippen LogP contribution >= 0.6 is 0 Å². The summed E-state index contributed by atoms with van der Waals surface area (Å²) in [5.74, 6) is 3.22. The van der Waals surface area contributed by atoms with Crippen LogP contribution in [0.15, 0.2) is 97.1 Å². The van der Waals surface area contributed by atoms with E-state index >= 15 is 0 Å². The lowest BCUT2D eigenvalue weighted by atomic mass is 9.78. The largest absolute Gasteiger partial charge is 0.491 e. The van der Waals surface area contributed by atoms with E-state index in [1.807, 2.05) is 36.4 Å². The monoisotopic (exact) mass is 680 g/mol. The molecule has 0 amide bonds. The van der Waals surface area contributed by atoms with Crippen molar-refractivity contribution in [3.63, 3.8) is 0 Å². The normalized spacial score (nSPS) is 17.5. The Morgan fingerprint density at radius 1 is 0.580 bits per heavy atom. The fourth-order valence-corrected chi connectivity index (χ4v) is 6.04. The van der Waals surface area contributed by atoms with E-state index in [9.17, 15) is 5.11 Å². The molecule has 0 aromatic heterocycles. The fourth-order valence-electron chi connectivity index (χ4n) is 6.04. The SMILES string of the molecule is CC(C)(CCCCc1ccc(OCC(O)COc2ccc(C(C)(C)c3ccc(OCC4CO4)cc3)cc2)cc1)c1ccc(OCC2CO2)cc1. The molecule has 2 heterocycles. The average molecular weight is 681 g/mol. The zero-order chi connectivity index (χ0) is 35.0. The maximum absolute atomic E-state index is 10.5. The van der Waals surface area contributed by atoms with Crippen LogP contribution in [0.5, 0.6) is 23.0 Å². The highest BCUT2D eigenvalue weighted by Crippen LogP contribution is 2.34. The van der Waals surface area contributed by atoms with Gasteiger partial charge in [-0.05, 0) is 95.5 Å². The van der Waals surface area contributed by atoms with E-state index in [1.54, 1.807) is 0 Å². The molecule has 266 valence electrons. The molecule has 0 aliphatic carbocycles. The van der Waals surface area contributed by atoms with Crippen molar-refractivity contribution in [2.24, 2.45) is 0 Å². The highest BCUT2D eigenvalue weighted by Gasteiger charge is 2.26. The average Bonchev–Trinajstić information content (AvgIpc) is 4.07. The van der Waals surface area contributed by atoms with Gasteiger partial charge in [0.1, 0.15) is 67.7 Å². The Morgan fingerprint density at radius 2 is 0.980 bits per heavy atom. The number of aliphatic hydroxyl groups excluding tert-OH is 1. The summed E-state index contributed by atoms with van der Waals surface area (Å²) < 4.78 is 33.7. The number of epoxide rings is 2. The van der Waals surface area contributed by atoms with Crippen LogP contribution in [0.2, 0.25) is 0 Å². The van der Waals surface area contributed by atoms with Gasteiger partial charge in [0.2, 0.25) is 0 Å². The molecule has 3 unspecified atom stereocenters. The van der Waals surface area contributed by atoms with Crippen LogP contribution in [-0.2, 0) is 26.7 Å². The molecule has 6 rings (SSSR count). The maximum atomic E-state index is 10.5. The molecule has 1 N–H and O–H groups in total. The van der Waals surface area contributed by atoms with Gasteiger partial charge in [-0.15, -0.1) is 0 Å². The van der Waals surface area contributed by atoms with E-state index in [2.05, 4.69) is 88.4 Å². The first-order chi connectivity index (χ1) is 24.1. The van der Waals surface area contributed by atoms with Gasteiger partial charge in [0.05, 0.1) is 13.2 Å². The Balaban J connectivity index is 0.869. The lowest BCUT2D eigenvalue weighted by Crippen LogP contribution is -2.25. The van der Waals surface area contributed by atoms with Crippen molar-refractivity contribution in [1.82, 2.24) is 0 Å². The zero-order valence-electron chi connectivity index (χ0n) is 29.9. The molecular weight excluding hydrogens is 628 g/mol. The van der Waals surface area contributed by atoms with Crippen molar-refractivity contribution in [3.05, 3.63) is 119 Å². The Labute approximate surface area is 297 Å². The number of benzene rings is 4. The molecule has 3 atom stereocenters. The number of ether oxygens (including phenoxy) is 6. The topological polar surface area (TPSA) is 82.2 Å². The molecule has 0 radical (unpaired) electrons. The van der Waals surface area contributed by atoms with Gasteiger partial charge in [0.15, 0.2) is 0 Å². The van der Waals surface area contributed by atoms with Crippen molar-refractivity contribution in [2.75, 3.05) is 39.6 Å². The van der Waals surface area contributed by atoms with Crippen LogP contribution in [0.25, 0.3) is 0 Å². The molecule has 0 saturated carbocycles. The summed E-state index contributed by atoms with van der Waals surface area (Å²) in [6.07, 6.45) is 4.18. The summed E-state index contributed by atoms with van der Waals surface area (Å²) >= 11 is 0. The zero-order valence-corrected chi connectivity index (χ0v) is 29.9. The maximum Gasteiger partial charge on any atom is 0.122 e. The summed E-state index contributed by atoms with van der Waals surface area (Å²) in [6, 6.07) is 33.1. The molecule has 0 spiro atoms. The summed E-state index contributed by atoms with van der Waals surface area (Å²) in [4.78, 5) is 0. The van der Waals surface area contributed by atoms with Gasteiger partial charge in [-0.3, -0.25) is 0 Å². The molecule has 2 fully saturated rings. The summed E-state index contributed by atoms with van der Waals surface area (Å²) in [6.45, 7) is 12.2. The number of hydrogen-bond donors (Lipinski definition) is 1. The molecule has 7 heteroatoms. The van der Waals surface area contributed by atoms with Crippen LogP contribution < -0.4 is 18.9 Å². The molecule has 50 heavy (non-hydrogen) atoms. The third-order valence-electron chi connectivity index (χ3n) is 9.79. The summed E-state index contributed by atoms with van der Waals surface area (Å²) in [5, 5.41) is 10.5. The van der Waals surface area contributed by atoms with Gasteiger partial charge in [-0.25, -0.2) is 0 Å². The second-order valence-electron chi connectivity index (χ2n) is 14.7. The van der Waals surface area contributed by atoms with Gasteiger partial charge in [-0.2, -0.15) is 0 Å². The van der Waals surface area contributed by atoms with Gasteiger partial charge in [0, 0.05) is 5.41 Å². The summed E-state index contributed by atoms with van der Waals surface area (Å²) in [5.41, 5.74) is 4.92. The van der Waals surface area contributed by atoms with Crippen molar-refractivity contribution < 1.29 is 33.5 Å². The Bertz CT molecular complexity index is 1600. The first-order valence-corrected chi connectivity index (χ1v) is 18.0. The number of unbranched alkanes of at least 4 members (excludes halogenated alkanes) is 1. The van der Waals surface area contributed by atoms with Gasteiger partial charge in [0.25, 0.3) is 0 Å². The molecule has 2 aliphatic rings. The second kappa shape index (κ2) is 16.3. The lowest BCUT2D eigenvalue weighted by molar-refractivity contribution is 0.0626. The highest BCUT2D eigenvalue weighted by atomic mass is 16.6. The minimum Gasteiger partial charge on any atom is -0.491 e. The van der Waals surface area contributed by atoms with E-state index in [1.165, 1.54) is 22.3 Å². The van der Waals surface area contributed by atoms with E-state index in [-0.39, 0.29) is 36.3 Å². The van der Waals surface area contributed by atoms with Crippen molar-refractivity contribution in [3.8, 4) is 23.0 Å². The van der Waals surface area contributed by atoms with Crippen LogP contribution in [0, 0.1) is 0 Å². The van der Waals surface area contributed by atoms with Gasteiger partial charge in [-0.1, -0.05) is 82.6 Å². The first kappa shape index (κ1) is 35.8. The predicted octanol–water partition coefficient (Wildman–Crippen LogP) is 8.08. The highest BCUT2D eigenvalue weighted by molar-refractivity contribution is 5.42. The van der Waals surface area contributed by atoms with Gasteiger partial charge < -0.3 is 33.5 Å².